The average molecular weight is 261 g/mol. The largest absolute Gasteiger partial charge is 0.389 e. The van der Waals surface area contributed by atoms with Crippen LogP contribution >= 0.6 is 0 Å². The molecule has 0 aliphatic carbocycles. The third-order valence-corrected chi connectivity index (χ3v) is 3.68. The summed E-state index contributed by atoms with van der Waals surface area (Å²) in [7, 11) is 0. The molecule has 3 atom stereocenters. The van der Waals surface area contributed by atoms with Gasteiger partial charge in [0, 0.05) is 5.92 Å². The maximum Gasteiger partial charge on any atom is 0.159 e. The summed E-state index contributed by atoms with van der Waals surface area (Å²) in [6.45, 7) is 3.89. The summed E-state index contributed by atoms with van der Waals surface area (Å²) in [6.07, 6.45) is 1.30. The molecule has 102 valence electrons. The van der Waals surface area contributed by atoms with E-state index in [4.69, 9.17) is 14.3 Å². The fourth-order valence-electron chi connectivity index (χ4n) is 2.58. The van der Waals surface area contributed by atoms with Crippen LogP contribution in [0.5, 0.6) is 0 Å². The highest BCUT2D eigenvalue weighted by atomic mass is 16.7. The van der Waals surface area contributed by atoms with Crippen LogP contribution in [0.1, 0.15) is 18.9 Å². The van der Waals surface area contributed by atoms with Gasteiger partial charge in [0.1, 0.15) is 0 Å². The molecule has 2 heterocycles. The molecule has 1 aromatic rings. The Morgan fingerprint density at radius 1 is 1.32 bits per heavy atom. The molecular formula is C15H19NO3. The van der Waals surface area contributed by atoms with E-state index in [0.717, 1.165) is 12.1 Å². The van der Waals surface area contributed by atoms with Gasteiger partial charge in [-0.3, -0.25) is 0 Å². The van der Waals surface area contributed by atoms with Crippen LogP contribution in [0.15, 0.2) is 35.5 Å². The molecule has 2 aliphatic heterocycles. The van der Waals surface area contributed by atoms with Gasteiger partial charge in [0.05, 0.1) is 31.6 Å². The van der Waals surface area contributed by atoms with Crippen LogP contribution in [0.4, 0.5) is 0 Å². The first-order valence-electron chi connectivity index (χ1n) is 6.79. The summed E-state index contributed by atoms with van der Waals surface area (Å²) in [5.74, 6) is 0.361. The van der Waals surface area contributed by atoms with E-state index in [1.807, 2.05) is 18.2 Å². The van der Waals surface area contributed by atoms with Crippen molar-refractivity contribution in [2.24, 2.45) is 11.1 Å². The smallest absolute Gasteiger partial charge is 0.159 e. The Bertz CT molecular complexity index is 446. The quantitative estimate of drug-likeness (QED) is 0.835. The summed E-state index contributed by atoms with van der Waals surface area (Å²) in [6, 6.07) is 10.2. The van der Waals surface area contributed by atoms with Crippen LogP contribution in [0, 0.1) is 5.92 Å². The van der Waals surface area contributed by atoms with Crippen molar-refractivity contribution >= 4 is 5.71 Å². The molecule has 19 heavy (non-hydrogen) atoms. The predicted molar refractivity (Wildman–Crippen MR) is 71.9 cm³/mol. The maximum atomic E-state index is 5.75. The molecule has 2 aliphatic rings. The maximum absolute atomic E-state index is 5.75. The van der Waals surface area contributed by atoms with Crippen molar-refractivity contribution in [3.05, 3.63) is 35.9 Å². The lowest BCUT2D eigenvalue weighted by Crippen LogP contribution is -2.37. The van der Waals surface area contributed by atoms with E-state index < -0.39 is 0 Å². The lowest BCUT2D eigenvalue weighted by molar-refractivity contribution is -0.0318. The molecule has 0 saturated carbocycles. The number of hydrogen-bond acceptors (Lipinski definition) is 4. The van der Waals surface area contributed by atoms with E-state index in [2.05, 4.69) is 24.2 Å². The number of nitrogens with zero attached hydrogens (tertiary/aromatic N) is 1. The highest BCUT2D eigenvalue weighted by molar-refractivity contribution is 5.89. The van der Waals surface area contributed by atoms with Crippen molar-refractivity contribution in [3.63, 3.8) is 0 Å². The van der Waals surface area contributed by atoms with Crippen LogP contribution < -0.4 is 0 Å². The van der Waals surface area contributed by atoms with E-state index in [0.29, 0.717) is 25.7 Å². The minimum atomic E-state index is 0.0464. The first-order valence-corrected chi connectivity index (χ1v) is 6.79. The third-order valence-electron chi connectivity index (χ3n) is 3.68. The Balaban J connectivity index is 1.49. The van der Waals surface area contributed by atoms with Gasteiger partial charge in [0.15, 0.2) is 6.10 Å². The fourth-order valence-corrected chi connectivity index (χ4v) is 2.58. The highest BCUT2D eigenvalue weighted by Gasteiger charge is 2.38. The summed E-state index contributed by atoms with van der Waals surface area (Å²) >= 11 is 0. The van der Waals surface area contributed by atoms with Crippen molar-refractivity contribution in [3.8, 4) is 0 Å². The molecule has 0 aromatic heterocycles. The summed E-state index contributed by atoms with van der Waals surface area (Å²) in [4.78, 5) is 5.47. The van der Waals surface area contributed by atoms with Gasteiger partial charge in [-0.25, -0.2) is 0 Å². The van der Waals surface area contributed by atoms with Crippen LogP contribution in [0.2, 0.25) is 0 Å². The lowest BCUT2D eigenvalue weighted by Gasteiger charge is -2.27. The fraction of sp³-hybridized carbons (Fsp3) is 0.533. The molecule has 4 heteroatoms. The number of oxime groups is 1. The van der Waals surface area contributed by atoms with Crippen LogP contribution in [-0.4, -0.2) is 31.1 Å². The normalized spacial score (nSPS) is 29.5. The van der Waals surface area contributed by atoms with Crippen molar-refractivity contribution in [2.45, 2.75) is 32.2 Å². The molecule has 0 spiro atoms. The van der Waals surface area contributed by atoms with E-state index in [1.165, 1.54) is 5.56 Å². The van der Waals surface area contributed by atoms with Gasteiger partial charge < -0.3 is 14.3 Å². The molecular weight excluding hydrogens is 242 g/mol. The Labute approximate surface area is 113 Å². The van der Waals surface area contributed by atoms with Gasteiger partial charge in [-0.05, 0) is 18.9 Å². The molecule has 1 aromatic carbocycles. The molecule has 1 fully saturated rings. The van der Waals surface area contributed by atoms with Gasteiger partial charge in [0.2, 0.25) is 0 Å². The average Bonchev–Trinajstić information content (AvgIpc) is 2.83. The number of benzene rings is 1. The second-order valence-corrected chi connectivity index (χ2v) is 5.19. The summed E-state index contributed by atoms with van der Waals surface area (Å²) in [5, 5.41) is 4.11. The molecule has 1 saturated heterocycles. The SMILES string of the molecule is C[C@H]1C[C@@H]2C(=NO[C@H]2COCc2ccccc2)CO1. The predicted octanol–water partition coefficient (Wildman–Crippen LogP) is 2.38. The van der Waals surface area contributed by atoms with Gasteiger partial charge in [0.25, 0.3) is 0 Å². The number of hydrogen-bond donors (Lipinski definition) is 0. The second kappa shape index (κ2) is 5.72. The molecule has 4 nitrogen and oxygen atoms in total. The van der Waals surface area contributed by atoms with Gasteiger partial charge >= 0.3 is 0 Å². The summed E-state index contributed by atoms with van der Waals surface area (Å²) < 4.78 is 11.3. The van der Waals surface area contributed by atoms with Crippen LogP contribution in [-0.2, 0) is 20.9 Å². The molecule has 0 unspecified atom stereocenters. The van der Waals surface area contributed by atoms with Crippen molar-refractivity contribution in [2.75, 3.05) is 13.2 Å². The van der Waals surface area contributed by atoms with Crippen LogP contribution in [0.25, 0.3) is 0 Å². The minimum absolute atomic E-state index is 0.0464. The van der Waals surface area contributed by atoms with Crippen molar-refractivity contribution in [1.82, 2.24) is 0 Å². The highest BCUT2D eigenvalue weighted by Crippen LogP contribution is 2.28. The van der Waals surface area contributed by atoms with Crippen LogP contribution in [0.3, 0.4) is 0 Å². The van der Waals surface area contributed by atoms with Gasteiger partial charge in [-0.1, -0.05) is 35.5 Å². The zero-order valence-electron chi connectivity index (χ0n) is 11.1. The second-order valence-electron chi connectivity index (χ2n) is 5.19. The molecule has 0 radical (unpaired) electrons. The van der Waals surface area contributed by atoms with Gasteiger partial charge in [-0.2, -0.15) is 0 Å². The Morgan fingerprint density at radius 3 is 3.00 bits per heavy atom. The Morgan fingerprint density at radius 2 is 2.16 bits per heavy atom. The van der Waals surface area contributed by atoms with Crippen molar-refractivity contribution in [1.29, 1.82) is 0 Å². The summed E-state index contributed by atoms with van der Waals surface area (Å²) in [5.41, 5.74) is 2.22. The number of ether oxygens (including phenoxy) is 2. The van der Waals surface area contributed by atoms with Gasteiger partial charge in [-0.15, -0.1) is 0 Å². The van der Waals surface area contributed by atoms with E-state index in [-0.39, 0.29) is 12.2 Å². The third kappa shape index (κ3) is 2.96. The first-order chi connectivity index (χ1) is 9.33. The number of fused-ring (bicyclic) bond motifs is 1. The monoisotopic (exact) mass is 261 g/mol. The lowest BCUT2D eigenvalue weighted by atomic mass is 9.90. The molecule has 3 rings (SSSR count). The van der Waals surface area contributed by atoms with Crippen molar-refractivity contribution < 1.29 is 14.3 Å². The number of rotatable bonds is 4. The van der Waals surface area contributed by atoms with E-state index in [1.54, 1.807) is 0 Å². The zero-order chi connectivity index (χ0) is 13.1. The molecule has 0 N–H and O–H groups in total. The first kappa shape index (κ1) is 12.6. The topological polar surface area (TPSA) is 40.0 Å². The standard InChI is InChI=1S/C15H19NO3/c1-11-7-13-14(9-18-11)16-19-15(13)10-17-8-12-5-3-2-4-6-12/h2-6,11,13,15H,7-10H2,1H3/t11-,13+,15-/m0/s1. The Kier molecular flexibility index (Phi) is 3.80. The molecule has 0 amide bonds. The van der Waals surface area contributed by atoms with E-state index >= 15 is 0 Å². The minimum Gasteiger partial charge on any atom is -0.389 e. The van der Waals surface area contributed by atoms with E-state index in [9.17, 15) is 0 Å². The molecule has 0 bridgehead atoms. The zero-order valence-corrected chi connectivity index (χ0v) is 11.1. The Hall–Kier alpha value is -1.39.